The number of non-ortho nitro benzene ring substituents is 1. The molecule has 0 saturated heterocycles. The minimum absolute atomic E-state index is 0.0864. The monoisotopic (exact) mass is 374 g/mol. The largest absolute Gasteiger partial charge is 0.312 e. The molecular formula is C16H18N6O5. The minimum Gasteiger partial charge on any atom is -0.271 e. The van der Waals surface area contributed by atoms with Gasteiger partial charge in [0, 0.05) is 17.7 Å². The van der Waals surface area contributed by atoms with E-state index in [1.807, 2.05) is 0 Å². The molecule has 1 heterocycles. The lowest BCUT2D eigenvalue weighted by atomic mass is 10.1. The van der Waals surface area contributed by atoms with Gasteiger partial charge in [-0.2, -0.15) is 10.2 Å². The molecule has 0 spiro atoms. The number of nitro groups is 2. The standard InChI is InChI=1S/C16H18N6O5/c1-9(13-6-5-7-14(8-13)21(24)25)17-18-16(23)12(4)20-11(3)15(22(26)27)10(2)19-20/h5-8,12H,1-4H3,(H,18,23). The average Bonchev–Trinajstić information content (AvgIpc) is 2.93. The van der Waals surface area contributed by atoms with Gasteiger partial charge in [-0.25, -0.2) is 5.43 Å². The maximum Gasteiger partial charge on any atom is 0.312 e. The average molecular weight is 374 g/mol. The van der Waals surface area contributed by atoms with Gasteiger partial charge in [0.25, 0.3) is 11.6 Å². The number of rotatable bonds is 6. The first-order valence-corrected chi connectivity index (χ1v) is 7.92. The molecule has 2 aromatic rings. The summed E-state index contributed by atoms with van der Waals surface area (Å²) >= 11 is 0. The van der Waals surface area contributed by atoms with Gasteiger partial charge in [-0.3, -0.25) is 29.7 Å². The van der Waals surface area contributed by atoms with Crippen molar-refractivity contribution in [3.8, 4) is 0 Å². The van der Waals surface area contributed by atoms with Crippen LogP contribution in [0, 0.1) is 34.1 Å². The molecule has 0 fully saturated rings. The SMILES string of the molecule is CC(=NNC(=O)C(C)n1nc(C)c([N+](=O)[O-])c1C)c1cccc([N+](=O)[O-])c1. The predicted octanol–water partition coefficient (Wildman–Crippen LogP) is 2.42. The molecule has 1 amide bonds. The number of carbonyl (C=O) groups excluding carboxylic acids is 1. The fourth-order valence-electron chi connectivity index (χ4n) is 2.55. The summed E-state index contributed by atoms with van der Waals surface area (Å²) in [7, 11) is 0. The molecule has 142 valence electrons. The van der Waals surface area contributed by atoms with Gasteiger partial charge in [0.05, 0.1) is 15.6 Å². The number of amides is 1. The normalized spacial score (nSPS) is 12.5. The van der Waals surface area contributed by atoms with E-state index < -0.39 is 21.8 Å². The molecule has 1 unspecified atom stereocenters. The third kappa shape index (κ3) is 4.14. The van der Waals surface area contributed by atoms with Crippen molar-refractivity contribution in [2.45, 2.75) is 33.7 Å². The van der Waals surface area contributed by atoms with Crippen LogP contribution in [0.25, 0.3) is 0 Å². The molecule has 1 aromatic carbocycles. The van der Waals surface area contributed by atoms with Crippen molar-refractivity contribution in [1.29, 1.82) is 0 Å². The summed E-state index contributed by atoms with van der Waals surface area (Å²) in [6.45, 7) is 6.14. The van der Waals surface area contributed by atoms with Crippen LogP contribution < -0.4 is 5.43 Å². The van der Waals surface area contributed by atoms with E-state index in [1.54, 1.807) is 13.0 Å². The van der Waals surface area contributed by atoms with Gasteiger partial charge in [-0.1, -0.05) is 12.1 Å². The second kappa shape index (κ2) is 7.72. The number of hydrogen-bond donors (Lipinski definition) is 1. The van der Waals surface area contributed by atoms with Crippen LogP contribution in [0.3, 0.4) is 0 Å². The Morgan fingerprint density at radius 2 is 1.93 bits per heavy atom. The third-order valence-corrected chi connectivity index (χ3v) is 4.02. The summed E-state index contributed by atoms with van der Waals surface area (Å²) in [5, 5.41) is 29.9. The Balaban J connectivity index is 2.18. The Morgan fingerprint density at radius 1 is 1.26 bits per heavy atom. The molecule has 0 aliphatic rings. The molecule has 1 atom stereocenters. The van der Waals surface area contributed by atoms with E-state index in [0.29, 0.717) is 11.3 Å². The zero-order valence-electron chi connectivity index (χ0n) is 15.2. The summed E-state index contributed by atoms with van der Waals surface area (Å²) in [5.74, 6) is -0.528. The van der Waals surface area contributed by atoms with Crippen molar-refractivity contribution in [3.05, 3.63) is 61.4 Å². The molecule has 27 heavy (non-hydrogen) atoms. The molecule has 0 radical (unpaired) electrons. The van der Waals surface area contributed by atoms with Gasteiger partial charge in [0.15, 0.2) is 0 Å². The smallest absolute Gasteiger partial charge is 0.271 e. The number of hydrazone groups is 1. The van der Waals surface area contributed by atoms with Crippen LogP contribution in [0.5, 0.6) is 0 Å². The van der Waals surface area contributed by atoms with E-state index in [0.717, 1.165) is 0 Å². The van der Waals surface area contributed by atoms with Crippen molar-refractivity contribution in [2.24, 2.45) is 5.10 Å². The third-order valence-electron chi connectivity index (χ3n) is 4.02. The second-order valence-corrected chi connectivity index (χ2v) is 5.88. The fourth-order valence-corrected chi connectivity index (χ4v) is 2.55. The minimum atomic E-state index is -0.834. The lowest BCUT2D eigenvalue weighted by molar-refractivity contribution is -0.386. The molecule has 0 saturated carbocycles. The van der Waals surface area contributed by atoms with Crippen LogP contribution in [0.4, 0.5) is 11.4 Å². The maximum atomic E-state index is 12.3. The van der Waals surface area contributed by atoms with Crippen molar-refractivity contribution < 1.29 is 14.6 Å². The lowest BCUT2D eigenvalue weighted by Crippen LogP contribution is -2.29. The Kier molecular flexibility index (Phi) is 5.63. The summed E-state index contributed by atoms with van der Waals surface area (Å²) < 4.78 is 1.26. The molecule has 2 rings (SSSR count). The number of carbonyl (C=O) groups is 1. The highest BCUT2D eigenvalue weighted by Crippen LogP contribution is 2.24. The number of benzene rings is 1. The number of hydrogen-bond acceptors (Lipinski definition) is 7. The highest BCUT2D eigenvalue weighted by Gasteiger charge is 2.27. The summed E-state index contributed by atoms with van der Waals surface area (Å²) in [4.78, 5) is 33.2. The van der Waals surface area contributed by atoms with Crippen LogP contribution in [0.15, 0.2) is 29.4 Å². The van der Waals surface area contributed by atoms with Crippen molar-refractivity contribution >= 4 is 23.0 Å². The second-order valence-electron chi connectivity index (χ2n) is 5.88. The Bertz CT molecular complexity index is 949. The zero-order chi connectivity index (χ0) is 20.3. The van der Waals surface area contributed by atoms with Gasteiger partial charge in [0.2, 0.25) is 0 Å². The Labute approximate surface area is 154 Å². The molecule has 0 bridgehead atoms. The van der Waals surface area contributed by atoms with Crippen molar-refractivity contribution in [1.82, 2.24) is 15.2 Å². The molecular weight excluding hydrogens is 356 g/mol. The predicted molar refractivity (Wildman–Crippen MR) is 96.5 cm³/mol. The topological polar surface area (TPSA) is 146 Å². The summed E-state index contributed by atoms with van der Waals surface area (Å²) in [6.07, 6.45) is 0. The number of aromatic nitrogens is 2. The number of nitrogens with zero attached hydrogens (tertiary/aromatic N) is 5. The Morgan fingerprint density at radius 3 is 2.48 bits per heavy atom. The first-order valence-electron chi connectivity index (χ1n) is 7.92. The molecule has 0 aliphatic carbocycles. The van der Waals surface area contributed by atoms with E-state index in [2.05, 4.69) is 15.6 Å². The van der Waals surface area contributed by atoms with Crippen molar-refractivity contribution in [2.75, 3.05) is 0 Å². The van der Waals surface area contributed by atoms with Gasteiger partial charge >= 0.3 is 5.69 Å². The van der Waals surface area contributed by atoms with E-state index in [-0.39, 0.29) is 22.8 Å². The highest BCUT2D eigenvalue weighted by molar-refractivity contribution is 5.99. The number of nitrogens with one attached hydrogen (secondary N) is 1. The van der Waals surface area contributed by atoms with E-state index in [9.17, 15) is 25.0 Å². The van der Waals surface area contributed by atoms with Crippen LogP contribution in [0.2, 0.25) is 0 Å². The first kappa shape index (κ1) is 19.7. The van der Waals surface area contributed by atoms with Crippen molar-refractivity contribution in [3.63, 3.8) is 0 Å². The fraction of sp³-hybridized carbons (Fsp3) is 0.312. The molecule has 11 heteroatoms. The van der Waals surface area contributed by atoms with E-state index in [4.69, 9.17) is 0 Å². The van der Waals surface area contributed by atoms with Crippen LogP contribution in [-0.4, -0.2) is 31.2 Å². The van der Waals surface area contributed by atoms with E-state index in [1.165, 1.54) is 43.7 Å². The van der Waals surface area contributed by atoms with Gasteiger partial charge < -0.3 is 0 Å². The lowest BCUT2D eigenvalue weighted by Gasteiger charge is -2.12. The number of aryl methyl sites for hydroxylation is 1. The Hall–Kier alpha value is -3.63. The number of nitro benzene ring substituents is 1. The van der Waals surface area contributed by atoms with Crippen LogP contribution in [-0.2, 0) is 4.79 Å². The quantitative estimate of drug-likeness (QED) is 0.467. The van der Waals surface area contributed by atoms with Gasteiger partial charge in [-0.05, 0) is 27.7 Å². The molecule has 11 nitrogen and oxygen atoms in total. The summed E-state index contributed by atoms with van der Waals surface area (Å²) in [5.41, 5.74) is 3.48. The first-order chi connectivity index (χ1) is 12.6. The van der Waals surface area contributed by atoms with E-state index >= 15 is 0 Å². The zero-order valence-corrected chi connectivity index (χ0v) is 15.2. The molecule has 1 N–H and O–H groups in total. The van der Waals surface area contributed by atoms with Crippen LogP contribution in [0.1, 0.15) is 36.8 Å². The van der Waals surface area contributed by atoms with Gasteiger partial charge in [-0.15, -0.1) is 0 Å². The van der Waals surface area contributed by atoms with Gasteiger partial charge in [0.1, 0.15) is 17.4 Å². The maximum absolute atomic E-state index is 12.3. The van der Waals surface area contributed by atoms with Crippen LogP contribution >= 0.6 is 0 Å². The molecule has 0 aliphatic heterocycles. The molecule has 1 aromatic heterocycles. The highest BCUT2D eigenvalue weighted by atomic mass is 16.6. The summed E-state index contributed by atoms with van der Waals surface area (Å²) in [6, 6.07) is 5.02.